The zero-order valence-corrected chi connectivity index (χ0v) is 10.2. The van der Waals surface area contributed by atoms with E-state index in [0.717, 1.165) is 25.7 Å². The number of hydrogen-bond donors (Lipinski definition) is 0. The van der Waals surface area contributed by atoms with Crippen molar-refractivity contribution in [2.24, 2.45) is 0 Å². The second-order valence-electron chi connectivity index (χ2n) is 4.32. The van der Waals surface area contributed by atoms with Crippen LogP contribution in [0, 0.1) is 0 Å². The molecule has 2 nitrogen and oxygen atoms in total. The average Bonchev–Trinajstić information content (AvgIpc) is 2.53. The van der Waals surface area contributed by atoms with E-state index in [1.165, 1.54) is 16.7 Å². The molecule has 0 amide bonds. The first-order valence-electron chi connectivity index (χ1n) is 6.22. The van der Waals surface area contributed by atoms with Gasteiger partial charge in [-0.3, -0.25) is 0 Å². The average molecular weight is 230 g/mol. The molecule has 1 aliphatic carbocycles. The summed E-state index contributed by atoms with van der Waals surface area (Å²) in [6.07, 6.45) is 5.67. The van der Waals surface area contributed by atoms with E-state index < -0.39 is 0 Å². The minimum Gasteiger partial charge on any atom is -0.463 e. The summed E-state index contributed by atoms with van der Waals surface area (Å²) >= 11 is 0. The maximum absolute atomic E-state index is 11.4. The summed E-state index contributed by atoms with van der Waals surface area (Å²) < 4.78 is 4.95. The third kappa shape index (κ3) is 3.19. The fraction of sp³-hybridized carbons (Fsp3) is 0.400. The summed E-state index contributed by atoms with van der Waals surface area (Å²) in [7, 11) is 0. The first-order chi connectivity index (χ1) is 8.29. The maximum Gasteiger partial charge on any atom is 0.330 e. The summed E-state index contributed by atoms with van der Waals surface area (Å²) in [4.78, 5) is 11.4. The van der Waals surface area contributed by atoms with E-state index in [2.05, 4.69) is 24.3 Å². The topological polar surface area (TPSA) is 26.3 Å². The van der Waals surface area contributed by atoms with Crippen molar-refractivity contribution >= 4 is 5.97 Å². The van der Waals surface area contributed by atoms with Gasteiger partial charge >= 0.3 is 5.97 Å². The predicted octanol–water partition coefficient (Wildman–Crippen LogP) is 3.05. The molecule has 0 spiro atoms. The van der Waals surface area contributed by atoms with Crippen LogP contribution in [0.3, 0.4) is 0 Å². The smallest absolute Gasteiger partial charge is 0.330 e. The van der Waals surface area contributed by atoms with Gasteiger partial charge in [0.05, 0.1) is 6.61 Å². The Balaban J connectivity index is 2.06. The molecule has 0 saturated carbocycles. The van der Waals surface area contributed by atoms with Crippen LogP contribution in [0.25, 0.3) is 0 Å². The Bertz CT molecular complexity index is 403. The van der Waals surface area contributed by atoms with Gasteiger partial charge in [0, 0.05) is 6.08 Å². The van der Waals surface area contributed by atoms with Crippen LogP contribution in [-0.4, -0.2) is 12.6 Å². The summed E-state index contributed by atoms with van der Waals surface area (Å²) in [6, 6.07) is 8.53. The predicted molar refractivity (Wildman–Crippen MR) is 67.8 cm³/mol. The largest absolute Gasteiger partial charge is 0.463 e. The molecule has 0 radical (unpaired) electrons. The van der Waals surface area contributed by atoms with Crippen molar-refractivity contribution in [2.75, 3.05) is 6.61 Å². The number of aryl methyl sites for hydroxylation is 2. The molecule has 0 atom stereocenters. The van der Waals surface area contributed by atoms with Crippen molar-refractivity contribution in [3.63, 3.8) is 0 Å². The summed E-state index contributed by atoms with van der Waals surface area (Å²) in [5, 5.41) is 0. The molecule has 0 saturated heterocycles. The van der Waals surface area contributed by atoms with E-state index in [0.29, 0.717) is 6.61 Å². The van der Waals surface area contributed by atoms with Crippen LogP contribution in [0.1, 0.15) is 30.9 Å². The molecule has 0 heterocycles. The SMILES string of the molecule is CCOC(=O)C=C1CCc2ccccc2CC1. The lowest BCUT2D eigenvalue weighted by Crippen LogP contribution is -2.01. The van der Waals surface area contributed by atoms with Crippen LogP contribution < -0.4 is 0 Å². The second-order valence-corrected chi connectivity index (χ2v) is 4.32. The van der Waals surface area contributed by atoms with Gasteiger partial charge in [-0.1, -0.05) is 29.8 Å². The summed E-state index contributed by atoms with van der Waals surface area (Å²) in [6.45, 7) is 2.28. The van der Waals surface area contributed by atoms with Crippen molar-refractivity contribution < 1.29 is 9.53 Å². The lowest BCUT2D eigenvalue weighted by atomic mass is 10.0. The maximum atomic E-state index is 11.4. The number of hydrogen-bond acceptors (Lipinski definition) is 2. The van der Waals surface area contributed by atoms with Crippen molar-refractivity contribution in [1.82, 2.24) is 0 Å². The molecule has 0 fully saturated rings. The van der Waals surface area contributed by atoms with Gasteiger partial charge in [-0.2, -0.15) is 0 Å². The monoisotopic (exact) mass is 230 g/mol. The van der Waals surface area contributed by atoms with Gasteiger partial charge in [0.2, 0.25) is 0 Å². The zero-order chi connectivity index (χ0) is 12.1. The summed E-state index contributed by atoms with van der Waals surface area (Å²) in [5.41, 5.74) is 4.04. The standard InChI is InChI=1S/C15H18O2/c1-2-17-15(16)11-12-7-9-13-5-3-4-6-14(13)10-8-12/h3-6,11H,2,7-10H2,1H3. The molecule has 0 N–H and O–H groups in total. The highest BCUT2D eigenvalue weighted by Crippen LogP contribution is 2.23. The zero-order valence-electron chi connectivity index (χ0n) is 10.2. The Labute approximate surface area is 102 Å². The molecule has 0 bridgehead atoms. The fourth-order valence-corrected chi connectivity index (χ4v) is 2.26. The van der Waals surface area contributed by atoms with Gasteiger partial charge in [-0.25, -0.2) is 4.79 Å². The first kappa shape index (κ1) is 11.9. The van der Waals surface area contributed by atoms with Gasteiger partial charge in [0.15, 0.2) is 0 Å². The molecule has 0 unspecified atom stereocenters. The van der Waals surface area contributed by atoms with Gasteiger partial charge in [-0.15, -0.1) is 0 Å². The minimum absolute atomic E-state index is 0.201. The minimum atomic E-state index is -0.201. The lowest BCUT2D eigenvalue weighted by molar-refractivity contribution is -0.137. The molecule has 90 valence electrons. The first-order valence-corrected chi connectivity index (χ1v) is 6.22. The Morgan fingerprint density at radius 2 is 1.76 bits per heavy atom. The second kappa shape index (κ2) is 5.67. The molecule has 17 heavy (non-hydrogen) atoms. The molecule has 1 aliphatic rings. The van der Waals surface area contributed by atoms with E-state index in [1.54, 1.807) is 6.08 Å². The van der Waals surface area contributed by atoms with Crippen LogP contribution in [0.2, 0.25) is 0 Å². The number of rotatable bonds is 2. The molecule has 2 rings (SSSR count). The van der Waals surface area contributed by atoms with Gasteiger partial charge in [0.25, 0.3) is 0 Å². The van der Waals surface area contributed by atoms with Crippen molar-refractivity contribution in [3.8, 4) is 0 Å². The van der Waals surface area contributed by atoms with E-state index in [-0.39, 0.29) is 5.97 Å². The molecule has 0 aliphatic heterocycles. The van der Waals surface area contributed by atoms with Gasteiger partial charge < -0.3 is 4.74 Å². The normalized spacial score (nSPS) is 14.8. The molecular formula is C15H18O2. The van der Waals surface area contributed by atoms with Crippen LogP contribution in [0.4, 0.5) is 0 Å². The Morgan fingerprint density at radius 1 is 1.18 bits per heavy atom. The summed E-state index contributed by atoms with van der Waals surface area (Å²) in [5.74, 6) is -0.201. The van der Waals surface area contributed by atoms with E-state index in [1.807, 2.05) is 6.92 Å². The molecule has 0 aromatic heterocycles. The number of allylic oxidation sites excluding steroid dienone is 1. The van der Waals surface area contributed by atoms with Crippen LogP contribution in [-0.2, 0) is 22.4 Å². The third-order valence-electron chi connectivity index (χ3n) is 3.16. The van der Waals surface area contributed by atoms with Crippen molar-refractivity contribution in [3.05, 3.63) is 47.0 Å². The van der Waals surface area contributed by atoms with Crippen LogP contribution >= 0.6 is 0 Å². The van der Waals surface area contributed by atoms with E-state index >= 15 is 0 Å². The van der Waals surface area contributed by atoms with Crippen LogP contribution in [0.5, 0.6) is 0 Å². The number of fused-ring (bicyclic) bond motifs is 1. The van der Waals surface area contributed by atoms with Crippen LogP contribution in [0.15, 0.2) is 35.9 Å². The lowest BCUT2D eigenvalue weighted by Gasteiger charge is -2.02. The number of ether oxygens (including phenoxy) is 1. The Hall–Kier alpha value is -1.57. The van der Waals surface area contributed by atoms with Gasteiger partial charge in [-0.05, 0) is 43.7 Å². The highest BCUT2D eigenvalue weighted by molar-refractivity contribution is 5.82. The quantitative estimate of drug-likeness (QED) is 0.443. The number of benzene rings is 1. The highest BCUT2D eigenvalue weighted by atomic mass is 16.5. The fourth-order valence-electron chi connectivity index (χ4n) is 2.26. The molecule has 1 aromatic carbocycles. The molecule has 2 heteroatoms. The molecule has 1 aromatic rings. The number of carbonyl (C=O) groups excluding carboxylic acids is 1. The highest BCUT2D eigenvalue weighted by Gasteiger charge is 2.11. The van der Waals surface area contributed by atoms with E-state index in [4.69, 9.17) is 4.74 Å². The Morgan fingerprint density at radius 3 is 2.29 bits per heavy atom. The van der Waals surface area contributed by atoms with Crippen molar-refractivity contribution in [1.29, 1.82) is 0 Å². The van der Waals surface area contributed by atoms with Crippen molar-refractivity contribution in [2.45, 2.75) is 32.6 Å². The molecular weight excluding hydrogens is 212 g/mol. The van der Waals surface area contributed by atoms with Gasteiger partial charge in [0.1, 0.15) is 0 Å². The Kier molecular flexibility index (Phi) is 3.97. The number of carbonyl (C=O) groups is 1. The number of esters is 1. The third-order valence-corrected chi connectivity index (χ3v) is 3.16. The van der Waals surface area contributed by atoms with E-state index in [9.17, 15) is 4.79 Å².